The van der Waals surface area contributed by atoms with Gasteiger partial charge in [-0.25, -0.2) is 4.79 Å². The second-order valence-electron chi connectivity index (χ2n) is 12.2. The molecular weight excluding hydrogens is 521 g/mol. The molecule has 0 spiro atoms. The van der Waals surface area contributed by atoms with Gasteiger partial charge < -0.3 is 15.5 Å². The average Bonchev–Trinajstić information content (AvgIpc) is 2.87. The minimum atomic E-state index is -4.46. The summed E-state index contributed by atoms with van der Waals surface area (Å²) in [4.78, 5) is 41.6. The van der Waals surface area contributed by atoms with E-state index in [0.717, 1.165) is 19.4 Å². The monoisotopic (exact) mass is 560 g/mol. The van der Waals surface area contributed by atoms with Crippen molar-refractivity contribution >= 4 is 23.4 Å². The number of nitrogens with one attached hydrogen (secondary N) is 2. The molecule has 1 heterocycles. The first-order valence-electron chi connectivity index (χ1n) is 13.4. The van der Waals surface area contributed by atoms with Crippen molar-refractivity contribution in [3.05, 3.63) is 65.2 Å². The van der Waals surface area contributed by atoms with Crippen molar-refractivity contribution in [1.29, 1.82) is 0 Å². The summed E-state index contributed by atoms with van der Waals surface area (Å²) < 4.78 is 39.6. The van der Waals surface area contributed by atoms with Crippen molar-refractivity contribution in [2.45, 2.75) is 53.8 Å². The number of anilines is 1. The summed E-state index contributed by atoms with van der Waals surface area (Å²) >= 11 is 0. The van der Waals surface area contributed by atoms with Crippen LogP contribution in [0.3, 0.4) is 0 Å². The lowest BCUT2D eigenvalue weighted by molar-refractivity contribution is -0.210. The molecule has 1 aliphatic heterocycles. The topological polar surface area (TPSA) is 81.8 Å². The van der Waals surface area contributed by atoms with Crippen LogP contribution in [-0.4, -0.2) is 66.4 Å². The fraction of sp³-hybridized carbons (Fsp3) is 0.500. The van der Waals surface area contributed by atoms with Crippen LogP contribution in [0.15, 0.2) is 48.5 Å². The molecule has 0 atom stereocenters. The van der Waals surface area contributed by atoms with Gasteiger partial charge in [-0.3, -0.25) is 14.5 Å². The Labute approximate surface area is 234 Å². The highest BCUT2D eigenvalue weighted by molar-refractivity contribution is 5.97. The Balaban J connectivity index is 1.50. The predicted molar refractivity (Wildman–Crippen MR) is 149 cm³/mol. The number of nitrogens with zero attached hydrogens (tertiary/aromatic N) is 2. The fourth-order valence-corrected chi connectivity index (χ4v) is 4.21. The van der Waals surface area contributed by atoms with Gasteiger partial charge in [-0.1, -0.05) is 52.8 Å². The number of Topliss-reactive ketones (excluding diaryl/α,β-unsaturated/α-hetero) is 1. The molecule has 3 rings (SSSR count). The normalized spacial score (nSPS) is 15.1. The lowest BCUT2D eigenvalue weighted by atomic mass is 9.84. The average molecular weight is 561 g/mol. The van der Waals surface area contributed by atoms with E-state index in [0.29, 0.717) is 50.5 Å². The van der Waals surface area contributed by atoms with E-state index in [2.05, 4.69) is 15.5 Å². The number of hydrogen-bond donors (Lipinski definition) is 2. The van der Waals surface area contributed by atoms with Gasteiger partial charge in [-0.2, -0.15) is 13.2 Å². The lowest BCUT2D eigenvalue weighted by Gasteiger charge is -2.35. The largest absolute Gasteiger partial charge is 0.394 e. The number of amides is 3. The van der Waals surface area contributed by atoms with Crippen LogP contribution in [0, 0.1) is 10.8 Å². The molecule has 1 fully saturated rings. The van der Waals surface area contributed by atoms with E-state index >= 15 is 0 Å². The highest BCUT2D eigenvalue weighted by Gasteiger charge is 2.48. The number of urea groups is 1. The summed E-state index contributed by atoms with van der Waals surface area (Å²) in [5.41, 5.74) is 0.106. The Kier molecular flexibility index (Phi) is 9.66. The number of halogens is 3. The third-order valence-electron chi connectivity index (χ3n) is 6.85. The molecule has 3 amide bonds. The number of benzene rings is 2. The molecule has 0 aliphatic carbocycles. The SMILES string of the molecule is CC(C)(C)CNC(=O)Nc1ccc(C(=O)N2CCN(Cc3cccc(C(=O)CC(C)(C)C(F)(F)F)c3)CC2)cc1. The minimum absolute atomic E-state index is 0.0300. The quantitative estimate of drug-likeness (QED) is 0.390. The molecule has 0 aromatic heterocycles. The predicted octanol–water partition coefficient (Wildman–Crippen LogP) is 5.97. The molecule has 2 aromatic rings. The van der Waals surface area contributed by atoms with E-state index in [9.17, 15) is 27.6 Å². The Hall–Kier alpha value is -3.40. The molecule has 2 aromatic carbocycles. The second kappa shape index (κ2) is 12.4. The second-order valence-corrected chi connectivity index (χ2v) is 12.2. The fourth-order valence-electron chi connectivity index (χ4n) is 4.21. The van der Waals surface area contributed by atoms with Crippen LogP contribution in [0.2, 0.25) is 0 Å². The van der Waals surface area contributed by atoms with Crippen LogP contribution in [0.25, 0.3) is 0 Å². The van der Waals surface area contributed by atoms with E-state index in [4.69, 9.17) is 0 Å². The Morgan fingerprint density at radius 2 is 1.48 bits per heavy atom. The molecule has 218 valence electrons. The number of rotatable bonds is 8. The van der Waals surface area contributed by atoms with Gasteiger partial charge in [-0.05, 0) is 41.3 Å². The van der Waals surface area contributed by atoms with Gasteiger partial charge in [0, 0.05) is 62.5 Å². The molecule has 2 N–H and O–H groups in total. The number of alkyl halides is 3. The van der Waals surface area contributed by atoms with Gasteiger partial charge in [0.15, 0.2) is 5.78 Å². The first-order valence-corrected chi connectivity index (χ1v) is 13.4. The standard InChI is InChI=1S/C30H39F3N4O3/c1-28(2,3)20-34-27(40)35-24-11-9-22(10-12-24)26(39)37-15-13-36(14-16-37)19-21-7-6-8-23(17-21)25(38)18-29(4,5)30(31,32)33/h6-12,17H,13-16,18-20H2,1-5H3,(H2,34,35,40). The first-order chi connectivity index (χ1) is 18.5. The van der Waals surface area contributed by atoms with Crippen LogP contribution >= 0.6 is 0 Å². The maximum absolute atomic E-state index is 13.2. The summed E-state index contributed by atoms with van der Waals surface area (Å²) in [6, 6.07) is 13.2. The molecule has 10 heteroatoms. The van der Waals surface area contributed by atoms with Gasteiger partial charge in [0.2, 0.25) is 0 Å². The maximum atomic E-state index is 13.2. The van der Waals surface area contributed by atoms with Crippen LogP contribution in [-0.2, 0) is 6.54 Å². The van der Waals surface area contributed by atoms with Crippen molar-refractivity contribution in [2.75, 3.05) is 38.0 Å². The lowest BCUT2D eigenvalue weighted by Crippen LogP contribution is -2.48. The summed E-state index contributed by atoms with van der Waals surface area (Å²) in [6.45, 7) is 11.5. The summed E-state index contributed by atoms with van der Waals surface area (Å²) in [5, 5.41) is 5.58. The molecule has 0 saturated carbocycles. The summed E-state index contributed by atoms with van der Waals surface area (Å²) in [5.74, 6) is -0.630. The van der Waals surface area contributed by atoms with Crippen LogP contribution in [0.1, 0.15) is 67.3 Å². The van der Waals surface area contributed by atoms with Gasteiger partial charge in [0.25, 0.3) is 5.91 Å². The molecule has 40 heavy (non-hydrogen) atoms. The van der Waals surface area contributed by atoms with Gasteiger partial charge >= 0.3 is 12.2 Å². The summed E-state index contributed by atoms with van der Waals surface area (Å²) in [6.07, 6.45) is -5.07. The maximum Gasteiger partial charge on any atom is 0.394 e. The Morgan fingerprint density at radius 3 is 2.05 bits per heavy atom. The number of carbonyl (C=O) groups is 3. The number of piperazine rings is 1. The van der Waals surface area contributed by atoms with Crippen molar-refractivity contribution < 1.29 is 27.6 Å². The number of hydrogen-bond acceptors (Lipinski definition) is 4. The van der Waals surface area contributed by atoms with E-state index < -0.39 is 23.8 Å². The zero-order valence-corrected chi connectivity index (χ0v) is 23.8. The Bertz CT molecular complexity index is 1200. The van der Waals surface area contributed by atoms with Crippen molar-refractivity contribution in [3.63, 3.8) is 0 Å². The van der Waals surface area contributed by atoms with Crippen LogP contribution in [0.4, 0.5) is 23.7 Å². The molecule has 0 unspecified atom stereocenters. The van der Waals surface area contributed by atoms with Crippen LogP contribution in [0.5, 0.6) is 0 Å². The van der Waals surface area contributed by atoms with Gasteiger partial charge in [0.05, 0.1) is 5.41 Å². The zero-order valence-electron chi connectivity index (χ0n) is 23.8. The molecule has 7 nitrogen and oxygen atoms in total. The van der Waals surface area contributed by atoms with E-state index in [1.165, 1.54) is 0 Å². The van der Waals surface area contributed by atoms with Crippen molar-refractivity contribution in [3.8, 4) is 0 Å². The number of carbonyl (C=O) groups excluding carboxylic acids is 3. The van der Waals surface area contributed by atoms with Crippen molar-refractivity contribution in [1.82, 2.24) is 15.1 Å². The number of ketones is 1. The highest BCUT2D eigenvalue weighted by atomic mass is 19.4. The van der Waals surface area contributed by atoms with E-state index in [1.54, 1.807) is 47.4 Å². The minimum Gasteiger partial charge on any atom is -0.337 e. The van der Waals surface area contributed by atoms with Crippen molar-refractivity contribution in [2.24, 2.45) is 10.8 Å². The molecule has 1 saturated heterocycles. The Morgan fingerprint density at radius 1 is 0.850 bits per heavy atom. The first kappa shape index (κ1) is 31.1. The highest BCUT2D eigenvalue weighted by Crippen LogP contribution is 2.41. The van der Waals surface area contributed by atoms with Gasteiger partial charge in [0.1, 0.15) is 0 Å². The summed E-state index contributed by atoms with van der Waals surface area (Å²) in [7, 11) is 0. The van der Waals surface area contributed by atoms with E-state index in [-0.39, 0.29) is 22.9 Å². The molecule has 0 radical (unpaired) electrons. The molecular formula is C30H39F3N4O3. The zero-order chi connectivity index (χ0) is 29.7. The third kappa shape index (κ3) is 8.81. The van der Waals surface area contributed by atoms with Gasteiger partial charge in [-0.15, -0.1) is 0 Å². The van der Waals surface area contributed by atoms with Crippen LogP contribution < -0.4 is 10.6 Å². The third-order valence-corrected chi connectivity index (χ3v) is 6.85. The van der Waals surface area contributed by atoms with E-state index in [1.807, 2.05) is 26.8 Å². The molecule has 1 aliphatic rings. The smallest absolute Gasteiger partial charge is 0.337 e. The molecule has 0 bridgehead atoms.